The van der Waals surface area contributed by atoms with E-state index in [1.165, 1.54) is 18.2 Å². The van der Waals surface area contributed by atoms with Gasteiger partial charge in [-0.2, -0.15) is 0 Å². The van der Waals surface area contributed by atoms with E-state index >= 15 is 0 Å². The van der Waals surface area contributed by atoms with Gasteiger partial charge >= 0.3 is 14.1 Å². The Morgan fingerprint density at radius 1 is 0.533 bits per heavy atom. The van der Waals surface area contributed by atoms with Gasteiger partial charge in [-0.05, 0) is 26.3 Å². The summed E-state index contributed by atoms with van der Waals surface area (Å²) in [6, 6.07) is 3.92. The van der Waals surface area contributed by atoms with Gasteiger partial charge < -0.3 is 0 Å². The maximum atomic E-state index is 14.4. The minimum atomic E-state index is -4.34. The second kappa shape index (κ2) is 8.28. The zero-order chi connectivity index (χ0) is 22.3. The Hall–Kier alpha value is -2.58. The molecule has 2 aromatic carbocycles. The summed E-state index contributed by atoms with van der Waals surface area (Å²) in [7, 11) is 0. The SMILES string of the molecule is Fc1c(F)c(F)[c]([Al]([CH2]c2ccccn2)[c]2c(F)c(F)c(F)c(F)c2F)c(F)c1F. The normalized spacial score (nSPS) is 11.1. The Labute approximate surface area is 166 Å². The number of pyridine rings is 1. The van der Waals surface area contributed by atoms with E-state index in [0.717, 1.165) is 6.20 Å². The van der Waals surface area contributed by atoms with Gasteiger partial charge in [0.1, 0.15) is 0 Å². The minimum Gasteiger partial charge on any atom is -0.263 e. The van der Waals surface area contributed by atoms with Crippen molar-refractivity contribution in [2.24, 2.45) is 0 Å². The molecule has 30 heavy (non-hydrogen) atoms. The van der Waals surface area contributed by atoms with Gasteiger partial charge in [0.2, 0.25) is 0 Å². The van der Waals surface area contributed by atoms with Crippen LogP contribution in [0.2, 0.25) is 0 Å². The fraction of sp³-hybridized carbons (Fsp3) is 0.0556. The second-order valence-electron chi connectivity index (χ2n) is 6.04. The van der Waals surface area contributed by atoms with Crippen LogP contribution in [0.25, 0.3) is 0 Å². The van der Waals surface area contributed by atoms with Gasteiger partial charge in [0, 0.05) is 11.9 Å². The largest absolute Gasteiger partial charge is 0.371 e. The molecule has 0 saturated carbocycles. The molecule has 0 amide bonds. The zero-order valence-electron chi connectivity index (χ0n) is 14.3. The van der Waals surface area contributed by atoms with E-state index in [0.29, 0.717) is 0 Å². The summed E-state index contributed by atoms with van der Waals surface area (Å²) in [5.74, 6) is -24.4. The highest BCUT2D eigenvalue weighted by Crippen LogP contribution is 2.21. The topological polar surface area (TPSA) is 12.9 Å². The Balaban J connectivity index is 2.39. The van der Waals surface area contributed by atoms with Gasteiger partial charge in [-0.3, -0.25) is 4.98 Å². The molecule has 0 bridgehead atoms. The summed E-state index contributed by atoms with van der Waals surface area (Å²) in [6.45, 7) is 0. The fourth-order valence-electron chi connectivity index (χ4n) is 2.93. The fourth-order valence-corrected chi connectivity index (χ4v) is 6.02. The maximum Gasteiger partial charge on any atom is 0.371 e. The first kappa shape index (κ1) is 22.1. The predicted molar refractivity (Wildman–Crippen MR) is 85.4 cm³/mol. The lowest BCUT2D eigenvalue weighted by Crippen LogP contribution is -2.52. The van der Waals surface area contributed by atoms with Gasteiger partial charge in [-0.15, -0.1) is 0 Å². The molecule has 0 saturated heterocycles. The zero-order valence-corrected chi connectivity index (χ0v) is 15.5. The Morgan fingerprint density at radius 2 is 0.900 bits per heavy atom. The lowest BCUT2D eigenvalue weighted by atomic mass is 10.3. The number of benzene rings is 2. The highest BCUT2D eigenvalue weighted by molar-refractivity contribution is 6.85. The molecular formula is C18H6AlF10N. The average molecular weight is 453 g/mol. The van der Waals surface area contributed by atoms with Crippen molar-refractivity contribution in [3.8, 4) is 0 Å². The summed E-state index contributed by atoms with van der Waals surface area (Å²) in [5, 5.41) is -0.808. The molecule has 0 N–H and O–H groups in total. The highest BCUT2D eigenvalue weighted by Gasteiger charge is 2.41. The molecule has 1 nitrogen and oxygen atoms in total. The molecule has 0 radical (unpaired) electrons. The molecule has 0 unspecified atom stereocenters. The van der Waals surface area contributed by atoms with Crippen LogP contribution in [0.1, 0.15) is 5.69 Å². The van der Waals surface area contributed by atoms with Crippen molar-refractivity contribution in [3.63, 3.8) is 0 Å². The van der Waals surface area contributed by atoms with E-state index < -0.39 is 86.5 Å². The Morgan fingerprint density at radius 3 is 1.23 bits per heavy atom. The third kappa shape index (κ3) is 3.54. The van der Waals surface area contributed by atoms with Crippen molar-refractivity contribution in [1.29, 1.82) is 0 Å². The first-order valence-corrected chi connectivity index (χ1v) is 9.97. The second-order valence-corrected chi connectivity index (χ2v) is 8.71. The molecule has 3 rings (SSSR count). The van der Waals surface area contributed by atoms with E-state index in [-0.39, 0.29) is 5.69 Å². The number of hydrogen-bond acceptors (Lipinski definition) is 1. The lowest BCUT2D eigenvalue weighted by Gasteiger charge is -2.18. The molecule has 0 fully saturated rings. The van der Waals surface area contributed by atoms with Gasteiger partial charge in [0.25, 0.3) is 0 Å². The number of aromatic nitrogens is 1. The van der Waals surface area contributed by atoms with Crippen LogP contribution in [-0.4, -0.2) is 19.1 Å². The van der Waals surface area contributed by atoms with Crippen LogP contribution in [0.15, 0.2) is 24.4 Å². The molecule has 1 heterocycles. The van der Waals surface area contributed by atoms with Crippen LogP contribution in [0.5, 0.6) is 0 Å². The standard InChI is InChI=1S/2C6F5.C6H6N.Al/c2*7-2-1-3(8)5(10)6(11)4(2)9;1-6-4-2-3-5-7-6;/h;;2-5H,1H2;. The number of rotatable bonds is 4. The van der Waals surface area contributed by atoms with Crippen LogP contribution in [0, 0.1) is 58.2 Å². The van der Waals surface area contributed by atoms with Gasteiger partial charge in [-0.1, -0.05) is 6.07 Å². The molecule has 0 aliphatic carbocycles. The summed E-state index contributed by atoms with van der Waals surface area (Å²) in [5.41, 5.74) is -0.123. The molecule has 0 spiro atoms. The van der Waals surface area contributed by atoms with Crippen LogP contribution in [-0.2, 0) is 5.28 Å². The van der Waals surface area contributed by atoms with Crippen molar-refractivity contribution >= 4 is 23.0 Å². The van der Waals surface area contributed by atoms with Gasteiger partial charge in [0.05, 0.1) is 0 Å². The summed E-state index contributed by atoms with van der Waals surface area (Å²) < 4.78 is 136. The molecule has 156 valence electrons. The predicted octanol–water partition coefficient (Wildman–Crippen LogP) is 3.86. The maximum absolute atomic E-state index is 14.4. The first-order chi connectivity index (χ1) is 14.1. The van der Waals surface area contributed by atoms with Crippen LogP contribution >= 0.6 is 0 Å². The van der Waals surface area contributed by atoms with E-state index in [4.69, 9.17) is 0 Å². The highest BCUT2D eigenvalue weighted by atomic mass is 27.2. The van der Waals surface area contributed by atoms with Crippen molar-refractivity contribution in [2.75, 3.05) is 0 Å². The van der Waals surface area contributed by atoms with Gasteiger partial charge in [0.15, 0.2) is 58.2 Å². The molecular weight excluding hydrogens is 447 g/mol. The quantitative estimate of drug-likeness (QED) is 0.253. The van der Waals surface area contributed by atoms with Crippen LogP contribution in [0.4, 0.5) is 43.9 Å². The van der Waals surface area contributed by atoms with E-state index in [9.17, 15) is 43.9 Å². The van der Waals surface area contributed by atoms with Crippen LogP contribution in [0.3, 0.4) is 0 Å². The number of halogens is 10. The van der Waals surface area contributed by atoms with Gasteiger partial charge in [-0.25, -0.2) is 43.9 Å². The summed E-state index contributed by atoms with van der Waals surface area (Å²) >= 11 is -4.34. The molecule has 0 aliphatic rings. The third-order valence-corrected chi connectivity index (χ3v) is 7.56. The third-order valence-electron chi connectivity index (χ3n) is 4.32. The smallest absolute Gasteiger partial charge is 0.263 e. The van der Waals surface area contributed by atoms with E-state index in [2.05, 4.69) is 4.98 Å². The van der Waals surface area contributed by atoms with Crippen molar-refractivity contribution in [3.05, 3.63) is 88.3 Å². The number of nitrogens with zero attached hydrogens (tertiary/aromatic N) is 1. The molecule has 12 heteroatoms. The molecule has 0 aliphatic heterocycles. The van der Waals surface area contributed by atoms with Crippen LogP contribution < -0.4 is 8.85 Å². The van der Waals surface area contributed by atoms with Crippen molar-refractivity contribution in [1.82, 2.24) is 4.98 Å². The minimum absolute atomic E-state index is 0.123. The average Bonchev–Trinajstić information content (AvgIpc) is 2.74. The van der Waals surface area contributed by atoms with Crippen molar-refractivity contribution in [2.45, 2.75) is 5.28 Å². The monoisotopic (exact) mass is 453 g/mol. The molecule has 1 aromatic heterocycles. The lowest BCUT2D eigenvalue weighted by molar-refractivity contribution is 0.382. The van der Waals surface area contributed by atoms with E-state index in [1.807, 2.05) is 0 Å². The number of hydrogen-bond donors (Lipinski definition) is 0. The molecule has 3 aromatic rings. The Kier molecular flexibility index (Phi) is 6.10. The van der Waals surface area contributed by atoms with E-state index in [1.54, 1.807) is 0 Å². The summed E-state index contributed by atoms with van der Waals surface area (Å²) in [6.07, 6.45) is 1.15. The molecule has 0 atom stereocenters. The van der Waals surface area contributed by atoms with Crippen molar-refractivity contribution < 1.29 is 43.9 Å². The summed E-state index contributed by atoms with van der Waals surface area (Å²) in [4.78, 5) is 3.73. The first-order valence-electron chi connectivity index (χ1n) is 8.00. The Bertz CT molecular complexity index is 1010.